The molecule has 0 heterocycles. The largest absolute Gasteiger partial charge is 0.352 e. The number of hydrogen-bond donors (Lipinski definition) is 1. The number of carbonyl (C=O) groups excluding carboxylic acids is 2. The summed E-state index contributed by atoms with van der Waals surface area (Å²) in [5.41, 5.74) is 1.72. The van der Waals surface area contributed by atoms with Gasteiger partial charge in [-0.15, -0.1) is 11.8 Å². The summed E-state index contributed by atoms with van der Waals surface area (Å²) in [5.74, 6) is -1.03. The first-order valence-electron chi connectivity index (χ1n) is 11.5. The van der Waals surface area contributed by atoms with Crippen molar-refractivity contribution >= 4 is 23.6 Å². The molecule has 1 atom stereocenters. The lowest BCUT2D eigenvalue weighted by Gasteiger charge is -2.32. The van der Waals surface area contributed by atoms with Crippen molar-refractivity contribution in [3.8, 4) is 0 Å². The Kier molecular flexibility index (Phi) is 9.85. The van der Waals surface area contributed by atoms with E-state index in [0.29, 0.717) is 16.9 Å². The van der Waals surface area contributed by atoms with Crippen LogP contribution in [0, 0.1) is 11.6 Å². The molecular formula is C28H30F2N2O2S. The van der Waals surface area contributed by atoms with Crippen molar-refractivity contribution < 1.29 is 18.4 Å². The molecule has 0 aliphatic rings. The molecular weight excluding hydrogens is 466 g/mol. The van der Waals surface area contributed by atoms with Crippen molar-refractivity contribution in [1.82, 2.24) is 10.2 Å². The first kappa shape index (κ1) is 26.4. The van der Waals surface area contributed by atoms with E-state index >= 15 is 0 Å². The van der Waals surface area contributed by atoms with E-state index in [2.05, 4.69) is 5.32 Å². The molecule has 7 heteroatoms. The van der Waals surface area contributed by atoms with Gasteiger partial charge < -0.3 is 10.2 Å². The van der Waals surface area contributed by atoms with Crippen LogP contribution in [0.15, 0.2) is 78.9 Å². The number of benzene rings is 3. The molecule has 0 aliphatic carbocycles. The molecule has 0 aliphatic heterocycles. The van der Waals surface area contributed by atoms with Crippen LogP contribution in [-0.2, 0) is 28.3 Å². The van der Waals surface area contributed by atoms with Crippen LogP contribution in [0.25, 0.3) is 0 Å². The van der Waals surface area contributed by atoms with Crippen LogP contribution >= 0.6 is 11.8 Å². The number of carbonyl (C=O) groups is 2. The van der Waals surface area contributed by atoms with Crippen LogP contribution in [0.5, 0.6) is 0 Å². The summed E-state index contributed by atoms with van der Waals surface area (Å²) >= 11 is 1.26. The molecule has 1 N–H and O–H groups in total. The molecule has 0 fully saturated rings. The molecule has 2 amide bonds. The minimum absolute atomic E-state index is 0.0308. The number of thioether (sulfide) groups is 1. The maximum absolute atomic E-state index is 14.5. The van der Waals surface area contributed by atoms with Crippen LogP contribution in [0.4, 0.5) is 8.78 Å². The number of hydrogen-bond acceptors (Lipinski definition) is 3. The Bertz CT molecular complexity index is 1120. The molecule has 0 unspecified atom stereocenters. The molecule has 0 spiro atoms. The van der Waals surface area contributed by atoms with Crippen LogP contribution in [-0.4, -0.2) is 34.6 Å². The first-order chi connectivity index (χ1) is 16.8. The van der Waals surface area contributed by atoms with E-state index in [1.54, 1.807) is 36.4 Å². The zero-order valence-corrected chi connectivity index (χ0v) is 20.7. The van der Waals surface area contributed by atoms with Gasteiger partial charge in [-0.3, -0.25) is 9.59 Å². The van der Waals surface area contributed by atoms with E-state index < -0.39 is 11.9 Å². The highest BCUT2D eigenvalue weighted by atomic mass is 32.2. The summed E-state index contributed by atoms with van der Waals surface area (Å²) in [6, 6.07) is 21.1. The average molecular weight is 497 g/mol. The minimum Gasteiger partial charge on any atom is -0.352 e. The molecule has 184 valence electrons. The highest BCUT2D eigenvalue weighted by molar-refractivity contribution is 7.99. The van der Waals surface area contributed by atoms with Crippen LogP contribution < -0.4 is 5.32 Å². The average Bonchev–Trinajstić information content (AvgIpc) is 2.83. The Labute approximate surface area is 209 Å². The number of halogens is 2. The molecule has 0 aromatic heterocycles. The number of nitrogens with zero attached hydrogens (tertiary/aromatic N) is 1. The van der Waals surface area contributed by atoms with Gasteiger partial charge >= 0.3 is 0 Å². The standard InChI is InChI=1S/C28H30F2N2O2S/c1-20(2)31-28(34)26(16-21-10-4-3-5-11-21)32(17-22-12-6-8-14-24(22)29)27(33)19-35-18-23-13-7-9-15-25(23)30/h3-15,20,26H,16-19H2,1-2H3,(H,31,34)/t26-/m0/s1. The van der Waals surface area contributed by atoms with Crippen LogP contribution in [0.3, 0.4) is 0 Å². The topological polar surface area (TPSA) is 49.4 Å². The lowest BCUT2D eigenvalue weighted by atomic mass is 10.0. The second kappa shape index (κ2) is 13.0. The van der Waals surface area contributed by atoms with Crippen molar-refractivity contribution in [2.45, 2.75) is 44.6 Å². The van der Waals surface area contributed by atoms with Gasteiger partial charge in [0.1, 0.15) is 17.7 Å². The van der Waals surface area contributed by atoms with Crippen molar-refractivity contribution in [3.63, 3.8) is 0 Å². The Morgan fingerprint density at radius 2 is 1.43 bits per heavy atom. The van der Waals surface area contributed by atoms with E-state index in [4.69, 9.17) is 0 Å². The van der Waals surface area contributed by atoms with Gasteiger partial charge in [0.05, 0.1) is 5.75 Å². The zero-order valence-electron chi connectivity index (χ0n) is 19.9. The number of rotatable bonds is 11. The second-order valence-electron chi connectivity index (χ2n) is 8.57. The highest BCUT2D eigenvalue weighted by Gasteiger charge is 2.31. The van der Waals surface area contributed by atoms with E-state index in [1.165, 1.54) is 28.8 Å². The van der Waals surface area contributed by atoms with E-state index in [1.807, 2.05) is 44.2 Å². The molecule has 3 rings (SSSR count). The molecule has 35 heavy (non-hydrogen) atoms. The quantitative estimate of drug-likeness (QED) is 0.389. The monoisotopic (exact) mass is 496 g/mol. The van der Waals surface area contributed by atoms with Crippen molar-refractivity contribution in [1.29, 1.82) is 0 Å². The van der Waals surface area contributed by atoms with Crippen LogP contribution in [0.2, 0.25) is 0 Å². The fourth-order valence-electron chi connectivity index (χ4n) is 3.69. The summed E-state index contributed by atoms with van der Waals surface area (Å²) in [6.45, 7) is 3.66. The fourth-order valence-corrected chi connectivity index (χ4v) is 4.59. The maximum atomic E-state index is 14.5. The third-order valence-corrected chi connectivity index (χ3v) is 6.41. The lowest BCUT2D eigenvalue weighted by Crippen LogP contribution is -2.52. The first-order valence-corrected chi connectivity index (χ1v) is 12.7. The summed E-state index contributed by atoms with van der Waals surface area (Å²) < 4.78 is 28.5. The number of amides is 2. The molecule has 3 aromatic carbocycles. The fraction of sp³-hybridized carbons (Fsp3) is 0.286. The van der Waals surface area contributed by atoms with Gasteiger partial charge in [-0.2, -0.15) is 0 Å². The molecule has 0 radical (unpaired) electrons. The van der Waals surface area contributed by atoms with E-state index in [-0.39, 0.29) is 42.4 Å². The van der Waals surface area contributed by atoms with Gasteiger partial charge in [0.2, 0.25) is 11.8 Å². The van der Waals surface area contributed by atoms with E-state index in [9.17, 15) is 18.4 Å². The smallest absolute Gasteiger partial charge is 0.243 e. The molecule has 3 aromatic rings. The second-order valence-corrected chi connectivity index (χ2v) is 9.55. The van der Waals surface area contributed by atoms with Gasteiger partial charge in [0.25, 0.3) is 0 Å². The number of nitrogens with one attached hydrogen (secondary N) is 1. The van der Waals surface area contributed by atoms with Gasteiger partial charge in [0.15, 0.2) is 0 Å². The summed E-state index contributed by atoms with van der Waals surface area (Å²) in [4.78, 5) is 28.2. The van der Waals surface area contributed by atoms with Gasteiger partial charge in [-0.25, -0.2) is 8.78 Å². The Morgan fingerprint density at radius 3 is 2.03 bits per heavy atom. The summed E-state index contributed by atoms with van der Waals surface area (Å²) in [5, 5.41) is 2.91. The predicted octanol–water partition coefficient (Wildman–Crippen LogP) is 5.36. The normalized spacial score (nSPS) is 11.8. The molecule has 0 bridgehead atoms. The van der Waals surface area contributed by atoms with E-state index in [0.717, 1.165) is 5.56 Å². The summed E-state index contributed by atoms with van der Waals surface area (Å²) in [6.07, 6.45) is 0.289. The third kappa shape index (κ3) is 7.92. The van der Waals surface area contributed by atoms with Gasteiger partial charge in [0, 0.05) is 30.3 Å². The SMILES string of the molecule is CC(C)NC(=O)[C@H](Cc1ccccc1)N(Cc1ccccc1F)C(=O)CSCc1ccccc1F. The van der Waals surface area contributed by atoms with Gasteiger partial charge in [-0.1, -0.05) is 66.7 Å². The Balaban J connectivity index is 1.86. The Hall–Kier alpha value is -3.19. The van der Waals surface area contributed by atoms with Crippen molar-refractivity contribution in [3.05, 3.63) is 107 Å². The van der Waals surface area contributed by atoms with Crippen LogP contribution in [0.1, 0.15) is 30.5 Å². The van der Waals surface area contributed by atoms with Gasteiger partial charge in [-0.05, 0) is 37.1 Å². The molecule has 0 saturated carbocycles. The summed E-state index contributed by atoms with van der Waals surface area (Å²) in [7, 11) is 0. The maximum Gasteiger partial charge on any atom is 0.243 e. The highest BCUT2D eigenvalue weighted by Crippen LogP contribution is 2.20. The molecule has 0 saturated heterocycles. The van der Waals surface area contributed by atoms with Crippen molar-refractivity contribution in [2.75, 3.05) is 5.75 Å². The Morgan fingerprint density at radius 1 is 0.857 bits per heavy atom. The minimum atomic E-state index is -0.832. The predicted molar refractivity (Wildman–Crippen MR) is 137 cm³/mol. The third-order valence-electron chi connectivity index (χ3n) is 5.44. The molecule has 4 nitrogen and oxygen atoms in total. The van der Waals surface area contributed by atoms with Crippen molar-refractivity contribution in [2.24, 2.45) is 0 Å². The zero-order chi connectivity index (χ0) is 25.2. The lowest BCUT2D eigenvalue weighted by molar-refractivity contribution is -0.139.